The monoisotopic (exact) mass is 689 g/mol. The van der Waals surface area contributed by atoms with Crippen molar-refractivity contribution in [2.45, 2.75) is 0 Å². The normalized spacial score (nSPS) is 11.3. The SMILES string of the molecule is c1ccc(-c2ccc(-c3ccc(N(c4ccc(-c5ccccc5)cc4)c4cc(-c5ccc6ccccc6c5)cc5c4oc4ccccc45)cc3)cc2)cc1. The van der Waals surface area contributed by atoms with Gasteiger partial charge in [0, 0.05) is 22.1 Å². The van der Waals surface area contributed by atoms with Crippen LogP contribution in [-0.4, -0.2) is 0 Å². The molecule has 0 fully saturated rings. The summed E-state index contributed by atoms with van der Waals surface area (Å²) in [6, 6.07) is 75.9. The van der Waals surface area contributed by atoms with Gasteiger partial charge >= 0.3 is 0 Å². The van der Waals surface area contributed by atoms with Gasteiger partial charge in [-0.1, -0.05) is 164 Å². The predicted molar refractivity (Wildman–Crippen MR) is 228 cm³/mol. The standard InChI is InChI=1S/C52H35NO/c1-3-11-36(12-4-1)39-19-21-40(22-20-39)42-27-31-47(32-28-42)53(46-29-25-41(26-30-46)37-13-5-2-6-14-37)50-35-45(44-24-23-38-15-7-8-16-43(38)33-44)34-49-48-17-9-10-18-51(48)54-52(49)50/h1-35H. The number of rotatable bonds is 7. The molecule has 0 unspecified atom stereocenters. The van der Waals surface area contributed by atoms with Gasteiger partial charge in [-0.15, -0.1) is 0 Å². The van der Waals surface area contributed by atoms with Gasteiger partial charge in [-0.2, -0.15) is 0 Å². The van der Waals surface area contributed by atoms with Crippen molar-refractivity contribution >= 4 is 49.8 Å². The van der Waals surface area contributed by atoms with E-state index >= 15 is 0 Å². The molecule has 2 nitrogen and oxygen atoms in total. The molecule has 0 atom stereocenters. The Labute approximate surface area is 314 Å². The summed E-state index contributed by atoms with van der Waals surface area (Å²) >= 11 is 0. The summed E-state index contributed by atoms with van der Waals surface area (Å²) in [6.07, 6.45) is 0. The zero-order valence-electron chi connectivity index (χ0n) is 29.6. The van der Waals surface area contributed by atoms with Crippen LogP contribution in [-0.2, 0) is 0 Å². The molecular weight excluding hydrogens is 655 g/mol. The number of furan rings is 1. The number of hydrogen-bond donors (Lipinski definition) is 0. The first-order valence-electron chi connectivity index (χ1n) is 18.4. The molecule has 0 amide bonds. The highest BCUT2D eigenvalue weighted by atomic mass is 16.3. The molecule has 1 aromatic heterocycles. The summed E-state index contributed by atoms with van der Waals surface area (Å²) in [6.45, 7) is 0. The summed E-state index contributed by atoms with van der Waals surface area (Å²) in [5.41, 5.74) is 14.2. The second-order valence-corrected chi connectivity index (χ2v) is 13.8. The fourth-order valence-electron chi connectivity index (χ4n) is 7.66. The minimum Gasteiger partial charge on any atom is -0.454 e. The van der Waals surface area contributed by atoms with Crippen molar-refractivity contribution in [2.24, 2.45) is 0 Å². The van der Waals surface area contributed by atoms with Gasteiger partial charge in [-0.25, -0.2) is 0 Å². The zero-order chi connectivity index (χ0) is 35.8. The fourth-order valence-corrected chi connectivity index (χ4v) is 7.66. The average molecular weight is 690 g/mol. The van der Waals surface area contributed by atoms with E-state index in [2.05, 4.69) is 211 Å². The van der Waals surface area contributed by atoms with Crippen LogP contribution in [0.15, 0.2) is 217 Å². The Morgan fingerprint density at radius 3 is 1.35 bits per heavy atom. The lowest BCUT2D eigenvalue weighted by molar-refractivity contribution is 0.669. The Morgan fingerprint density at radius 2 is 0.759 bits per heavy atom. The maximum atomic E-state index is 6.76. The Morgan fingerprint density at radius 1 is 0.296 bits per heavy atom. The summed E-state index contributed by atoms with van der Waals surface area (Å²) in [4.78, 5) is 2.34. The summed E-state index contributed by atoms with van der Waals surface area (Å²) in [5.74, 6) is 0. The summed E-state index contributed by atoms with van der Waals surface area (Å²) in [5, 5.41) is 4.64. The topological polar surface area (TPSA) is 16.4 Å². The van der Waals surface area contributed by atoms with Crippen molar-refractivity contribution in [3.05, 3.63) is 212 Å². The minimum absolute atomic E-state index is 0.855. The first-order valence-corrected chi connectivity index (χ1v) is 18.4. The predicted octanol–water partition coefficient (Wildman–Crippen LogP) is 14.9. The third kappa shape index (κ3) is 5.81. The van der Waals surface area contributed by atoms with Gasteiger partial charge < -0.3 is 9.32 Å². The lowest BCUT2D eigenvalue weighted by atomic mass is 9.97. The Hall–Kier alpha value is -7.16. The van der Waals surface area contributed by atoms with Crippen molar-refractivity contribution in [1.82, 2.24) is 0 Å². The second-order valence-electron chi connectivity index (χ2n) is 13.8. The molecule has 0 bridgehead atoms. The van der Waals surface area contributed by atoms with Crippen LogP contribution in [0.25, 0.3) is 77.2 Å². The zero-order valence-corrected chi connectivity index (χ0v) is 29.6. The van der Waals surface area contributed by atoms with Crippen molar-refractivity contribution in [2.75, 3.05) is 4.90 Å². The number of anilines is 3. The summed E-state index contributed by atoms with van der Waals surface area (Å²) < 4.78 is 6.76. The van der Waals surface area contributed by atoms with E-state index in [1.165, 1.54) is 38.6 Å². The van der Waals surface area contributed by atoms with E-state index in [0.717, 1.165) is 55.7 Å². The molecule has 10 aromatic rings. The number of nitrogens with zero attached hydrogens (tertiary/aromatic N) is 1. The number of para-hydroxylation sites is 1. The van der Waals surface area contributed by atoms with E-state index in [9.17, 15) is 0 Å². The van der Waals surface area contributed by atoms with Crippen molar-refractivity contribution in [1.29, 1.82) is 0 Å². The second kappa shape index (κ2) is 13.4. The van der Waals surface area contributed by atoms with Crippen LogP contribution in [0.5, 0.6) is 0 Å². The van der Waals surface area contributed by atoms with Gasteiger partial charge in [0.25, 0.3) is 0 Å². The van der Waals surface area contributed by atoms with Gasteiger partial charge in [0.1, 0.15) is 5.58 Å². The fraction of sp³-hybridized carbons (Fsp3) is 0. The molecule has 9 aromatic carbocycles. The van der Waals surface area contributed by atoms with E-state index in [4.69, 9.17) is 4.42 Å². The average Bonchev–Trinajstić information content (AvgIpc) is 3.64. The molecule has 10 rings (SSSR count). The third-order valence-corrected chi connectivity index (χ3v) is 10.5. The largest absolute Gasteiger partial charge is 0.454 e. The number of benzene rings is 9. The molecule has 0 aliphatic carbocycles. The summed E-state index contributed by atoms with van der Waals surface area (Å²) in [7, 11) is 0. The van der Waals surface area contributed by atoms with E-state index in [0.29, 0.717) is 0 Å². The van der Waals surface area contributed by atoms with Crippen LogP contribution in [0.1, 0.15) is 0 Å². The Kier molecular flexibility index (Phi) is 7.85. The van der Waals surface area contributed by atoms with Gasteiger partial charge in [0.05, 0.1) is 5.69 Å². The number of hydrogen-bond acceptors (Lipinski definition) is 2. The molecule has 0 N–H and O–H groups in total. The van der Waals surface area contributed by atoms with E-state index in [1.807, 2.05) is 6.07 Å². The van der Waals surface area contributed by atoms with Crippen molar-refractivity contribution in [3.63, 3.8) is 0 Å². The third-order valence-electron chi connectivity index (χ3n) is 10.5. The molecule has 2 heteroatoms. The maximum Gasteiger partial charge on any atom is 0.159 e. The van der Waals surface area contributed by atoms with Gasteiger partial charge in [-0.3, -0.25) is 0 Å². The smallest absolute Gasteiger partial charge is 0.159 e. The van der Waals surface area contributed by atoms with Crippen LogP contribution in [0.4, 0.5) is 17.1 Å². The lowest BCUT2D eigenvalue weighted by Gasteiger charge is -2.27. The highest BCUT2D eigenvalue weighted by Gasteiger charge is 2.22. The molecule has 54 heavy (non-hydrogen) atoms. The van der Waals surface area contributed by atoms with Crippen LogP contribution in [0, 0.1) is 0 Å². The van der Waals surface area contributed by atoms with Crippen LogP contribution in [0.2, 0.25) is 0 Å². The first kappa shape index (κ1) is 31.6. The van der Waals surface area contributed by atoms with Gasteiger partial charge in [0.2, 0.25) is 0 Å². The highest BCUT2D eigenvalue weighted by molar-refractivity contribution is 6.12. The maximum absolute atomic E-state index is 6.76. The van der Waals surface area contributed by atoms with E-state index < -0.39 is 0 Å². The van der Waals surface area contributed by atoms with Crippen LogP contribution < -0.4 is 4.90 Å². The molecule has 0 radical (unpaired) electrons. The van der Waals surface area contributed by atoms with Gasteiger partial charge in [0.15, 0.2) is 5.58 Å². The van der Waals surface area contributed by atoms with Crippen molar-refractivity contribution < 1.29 is 4.42 Å². The van der Waals surface area contributed by atoms with Crippen LogP contribution in [0.3, 0.4) is 0 Å². The molecule has 0 spiro atoms. The number of fused-ring (bicyclic) bond motifs is 4. The van der Waals surface area contributed by atoms with E-state index in [-0.39, 0.29) is 0 Å². The molecule has 1 heterocycles. The quantitative estimate of drug-likeness (QED) is 0.166. The molecule has 0 saturated heterocycles. The van der Waals surface area contributed by atoms with Crippen molar-refractivity contribution in [3.8, 4) is 44.5 Å². The molecule has 0 aliphatic rings. The molecule has 0 aliphatic heterocycles. The lowest BCUT2D eigenvalue weighted by Crippen LogP contribution is -2.10. The molecule has 254 valence electrons. The first-order chi connectivity index (χ1) is 26.7. The van der Waals surface area contributed by atoms with Crippen LogP contribution >= 0.6 is 0 Å². The Bertz CT molecular complexity index is 2890. The van der Waals surface area contributed by atoms with E-state index in [1.54, 1.807) is 0 Å². The van der Waals surface area contributed by atoms with Gasteiger partial charge in [-0.05, 0) is 104 Å². The molecular formula is C52H35NO. The molecule has 0 saturated carbocycles. The Balaban J connectivity index is 1.14. The highest BCUT2D eigenvalue weighted by Crippen LogP contribution is 2.45. The minimum atomic E-state index is 0.855.